The summed E-state index contributed by atoms with van der Waals surface area (Å²) in [5, 5.41) is 5.15. The van der Waals surface area contributed by atoms with Crippen molar-refractivity contribution in [3.05, 3.63) is 28.6 Å². The largest absolute Gasteiger partial charge is 0.355 e. The number of fused-ring (bicyclic) bond motifs is 1. The minimum absolute atomic E-state index is 0.0492. The quantitative estimate of drug-likeness (QED) is 0.857. The molecule has 0 saturated carbocycles. The summed E-state index contributed by atoms with van der Waals surface area (Å²) in [5.74, 6) is -0.706. The number of carbonyl (C=O) groups excluding carboxylic acids is 3. The van der Waals surface area contributed by atoms with Crippen LogP contribution in [0.4, 0.5) is 0 Å². The summed E-state index contributed by atoms with van der Waals surface area (Å²) in [6.45, 7) is 4.01. The Hall–Kier alpha value is -2.24. The molecule has 0 atom stereocenters. The topological polar surface area (TPSA) is 88.2 Å². The zero-order valence-electron chi connectivity index (χ0n) is 12.3. The molecular formula is C15H19N3O3. The van der Waals surface area contributed by atoms with Crippen molar-refractivity contribution in [2.24, 2.45) is 0 Å². The van der Waals surface area contributed by atoms with Gasteiger partial charge in [0.1, 0.15) is 0 Å². The molecule has 0 radical (unpaired) electrons. The number of nitrogens with zero attached hydrogens (tertiary/aromatic N) is 1. The van der Waals surface area contributed by atoms with Crippen LogP contribution in [-0.2, 0) is 11.2 Å². The molecular weight excluding hydrogens is 270 g/mol. The van der Waals surface area contributed by atoms with Crippen LogP contribution in [0.1, 0.15) is 51.9 Å². The van der Waals surface area contributed by atoms with E-state index in [1.807, 2.05) is 0 Å². The summed E-state index contributed by atoms with van der Waals surface area (Å²) >= 11 is 0. The van der Waals surface area contributed by atoms with Crippen molar-refractivity contribution < 1.29 is 14.4 Å². The van der Waals surface area contributed by atoms with Crippen molar-refractivity contribution in [3.63, 3.8) is 0 Å². The van der Waals surface area contributed by atoms with Crippen LogP contribution in [0.3, 0.4) is 0 Å². The Balaban J connectivity index is 2.23. The standard InChI is InChI=1S/C15H19N3O3/c1-3-16-13(20)8-17-15(21)10-7-9(2)18-11-5-4-6-12(19)14(10)11/h7H,3-6,8H2,1-2H3,(H,16,20)(H,17,21). The Bertz CT molecular complexity index is 596. The number of likely N-dealkylation sites (N-methyl/N-ethyl adjacent to an activating group) is 1. The highest BCUT2D eigenvalue weighted by atomic mass is 16.2. The fourth-order valence-corrected chi connectivity index (χ4v) is 2.47. The third-order valence-corrected chi connectivity index (χ3v) is 3.35. The van der Waals surface area contributed by atoms with Crippen LogP contribution in [-0.4, -0.2) is 35.7 Å². The highest BCUT2D eigenvalue weighted by Crippen LogP contribution is 2.23. The van der Waals surface area contributed by atoms with E-state index in [9.17, 15) is 14.4 Å². The van der Waals surface area contributed by atoms with Crippen LogP contribution in [0.15, 0.2) is 6.07 Å². The minimum Gasteiger partial charge on any atom is -0.355 e. The van der Waals surface area contributed by atoms with Gasteiger partial charge in [-0.2, -0.15) is 0 Å². The van der Waals surface area contributed by atoms with Gasteiger partial charge in [-0.15, -0.1) is 0 Å². The van der Waals surface area contributed by atoms with Gasteiger partial charge >= 0.3 is 0 Å². The van der Waals surface area contributed by atoms with Gasteiger partial charge in [0.15, 0.2) is 5.78 Å². The Labute approximate surface area is 123 Å². The summed E-state index contributed by atoms with van der Waals surface area (Å²) in [6, 6.07) is 1.61. The number of pyridine rings is 1. The smallest absolute Gasteiger partial charge is 0.252 e. The van der Waals surface area contributed by atoms with Crippen LogP contribution in [0, 0.1) is 6.92 Å². The normalized spacial score (nSPS) is 13.5. The minimum atomic E-state index is -0.404. The fourth-order valence-electron chi connectivity index (χ4n) is 2.47. The number of hydrogen-bond acceptors (Lipinski definition) is 4. The van der Waals surface area contributed by atoms with Gasteiger partial charge in [0.25, 0.3) is 5.91 Å². The van der Waals surface area contributed by atoms with Crippen molar-refractivity contribution >= 4 is 17.6 Å². The van der Waals surface area contributed by atoms with Crippen molar-refractivity contribution in [2.75, 3.05) is 13.1 Å². The van der Waals surface area contributed by atoms with Gasteiger partial charge < -0.3 is 10.6 Å². The maximum atomic E-state index is 12.3. The molecule has 1 aliphatic rings. The number of aromatic nitrogens is 1. The molecule has 1 heterocycles. The lowest BCUT2D eigenvalue weighted by atomic mass is 9.90. The molecule has 0 saturated heterocycles. The van der Waals surface area contributed by atoms with E-state index in [0.29, 0.717) is 41.9 Å². The molecule has 0 aromatic carbocycles. The van der Waals surface area contributed by atoms with Gasteiger partial charge in [-0.1, -0.05) is 0 Å². The first kappa shape index (κ1) is 15.2. The van der Waals surface area contributed by atoms with Crippen molar-refractivity contribution in [3.8, 4) is 0 Å². The van der Waals surface area contributed by atoms with Crippen molar-refractivity contribution in [1.29, 1.82) is 0 Å². The second-order valence-electron chi connectivity index (χ2n) is 5.05. The van der Waals surface area contributed by atoms with Gasteiger partial charge in [-0.25, -0.2) is 0 Å². The number of amides is 2. The lowest BCUT2D eigenvalue weighted by Crippen LogP contribution is -2.37. The van der Waals surface area contributed by atoms with E-state index in [-0.39, 0.29) is 18.2 Å². The number of ketones is 1. The number of rotatable bonds is 4. The number of hydrogen-bond donors (Lipinski definition) is 2. The van der Waals surface area contributed by atoms with E-state index in [1.165, 1.54) is 0 Å². The van der Waals surface area contributed by atoms with E-state index in [2.05, 4.69) is 15.6 Å². The molecule has 1 aromatic rings. The van der Waals surface area contributed by atoms with Crippen LogP contribution in [0.2, 0.25) is 0 Å². The van der Waals surface area contributed by atoms with Gasteiger partial charge in [0.05, 0.1) is 23.4 Å². The molecule has 1 aliphatic carbocycles. The Kier molecular flexibility index (Phi) is 4.67. The summed E-state index contributed by atoms with van der Waals surface area (Å²) in [7, 11) is 0. The average Bonchev–Trinajstić information content (AvgIpc) is 2.44. The van der Waals surface area contributed by atoms with Crippen molar-refractivity contribution in [1.82, 2.24) is 15.6 Å². The molecule has 1 aromatic heterocycles. The van der Waals surface area contributed by atoms with Gasteiger partial charge in [0, 0.05) is 18.7 Å². The molecule has 0 unspecified atom stereocenters. The first-order chi connectivity index (χ1) is 10.0. The predicted octanol–water partition coefficient (Wildman–Crippen LogP) is 0.775. The van der Waals surface area contributed by atoms with Crippen LogP contribution in [0.5, 0.6) is 0 Å². The monoisotopic (exact) mass is 289 g/mol. The molecule has 6 nitrogen and oxygen atoms in total. The second kappa shape index (κ2) is 6.47. The van der Waals surface area contributed by atoms with Gasteiger partial charge in [0.2, 0.25) is 5.91 Å². The summed E-state index contributed by atoms with van der Waals surface area (Å²) in [4.78, 5) is 40.1. The lowest BCUT2D eigenvalue weighted by Gasteiger charge is -2.18. The highest BCUT2D eigenvalue weighted by molar-refractivity contribution is 6.09. The molecule has 6 heteroatoms. The number of carbonyl (C=O) groups is 3. The van der Waals surface area contributed by atoms with Crippen LogP contribution >= 0.6 is 0 Å². The lowest BCUT2D eigenvalue weighted by molar-refractivity contribution is -0.120. The summed E-state index contributed by atoms with van der Waals surface area (Å²) in [5.41, 5.74) is 2.13. The second-order valence-corrected chi connectivity index (χ2v) is 5.05. The summed E-state index contributed by atoms with van der Waals surface area (Å²) < 4.78 is 0. The summed E-state index contributed by atoms with van der Waals surface area (Å²) in [6.07, 6.45) is 1.91. The third kappa shape index (κ3) is 3.45. The molecule has 0 spiro atoms. The first-order valence-electron chi connectivity index (χ1n) is 7.11. The zero-order valence-corrected chi connectivity index (χ0v) is 12.3. The highest BCUT2D eigenvalue weighted by Gasteiger charge is 2.25. The maximum Gasteiger partial charge on any atom is 0.252 e. The van der Waals surface area contributed by atoms with Gasteiger partial charge in [-0.05, 0) is 32.8 Å². The Morgan fingerprint density at radius 2 is 2.05 bits per heavy atom. The maximum absolute atomic E-state index is 12.3. The molecule has 112 valence electrons. The SMILES string of the molecule is CCNC(=O)CNC(=O)c1cc(C)nc2c1C(=O)CCC2. The van der Waals surface area contributed by atoms with E-state index in [0.717, 1.165) is 6.42 Å². The number of nitrogens with one attached hydrogen (secondary N) is 2. The Morgan fingerprint density at radius 1 is 1.29 bits per heavy atom. The average molecular weight is 289 g/mol. The third-order valence-electron chi connectivity index (χ3n) is 3.35. The Morgan fingerprint density at radius 3 is 2.76 bits per heavy atom. The molecule has 2 N–H and O–H groups in total. The molecule has 21 heavy (non-hydrogen) atoms. The molecule has 0 aliphatic heterocycles. The predicted molar refractivity (Wildman–Crippen MR) is 77.3 cm³/mol. The van der Waals surface area contributed by atoms with E-state index < -0.39 is 5.91 Å². The van der Waals surface area contributed by atoms with Crippen molar-refractivity contribution in [2.45, 2.75) is 33.1 Å². The molecule has 0 bridgehead atoms. The number of aryl methyl sites for hydroxylation is 2. The zero-order chi connectivity index (χ0) is 15.4. The first-order valence-corrected chi connectivity index (χ1v) is 7.11. The van der Waals surface area contributed by atoms with E-state index in [4.69, 9.17) is 0 Å². The van der Waals surface area contributed by atoms with E-state index >= 15 is 0 Å². The molecule has 2 amide bonds. The molecule has 0 fully saturated rings. The number of Topliss-reactive ketones (excluding diaryl/α,β-unsaturated/α-hetero) is 1. The fraction of sp³-hybridized carbons (Fsp3) is 0.467. The van der Waals surface area contributed by atoms with E-state index in [1.54, 1.807) is 19.9 Å². The van der Waals surface area contributed by atoms with Gasteiger partial charge in [-0.3, -0.25) is 19.4 Å². The molecule has 2 rings (SSSR count). The van der Waals surface area contributed by atoms with Crippen LogP contribution < -0.4 is 10.6 Å². The van der Waals surface area contributed by atoms with Crippen LogP contribution in [0.25, 0.3) is 0 Å².